The van der Waals surface area contributed by atoms with Crippen molar-refractivity contribution in [3.63, 3.8) is 0 Å². The van der Waals surface area contributed by atoms with Crippen molar-refractivity contribution in [2.75, 3.05) is 6.61 Å². The Bertz CT molecular complexity index is 804. The van der Waals surface area contributed by atoms with Gasteiger partial charge in [0.1, 0.15) is 11.4 Å². The number of nitrogens with zero attached hydrogens (tertiary/aromatic N) is 2. The van der Waals surface area contributed by atoms with Gasteiger partial charge in [0.2, 0.25) is 0 Å². The van der Waals surface area contributed by atoms with Crippen molar-refractivity contribution in [2.45, 2.75) is 13.8 Å². The maximum atomic E-state index is 12.6. The van der Waals surface area contributed by atoms with Crippen LogP contribution < -0.4 is 0 Å². The lowest BCUT2D eigenvalue weighted by Gasteiger charge is -2.14. The van der Waals surface area contributed by atoms with E-state index in [0.717, 1.165) is 17.0 Å². The minimum atomic E-state index is -0.509. The molecule has 0 aliphatic heterocycles. The van der Waals surface area contributed by atoms with Gasteiger partial charge in [-0.3, -0.25) is 10.1 Å². The van der Waals surface area contributed by atoms with Crippen LogP contribution in [0, 0.1) is 48.6 Å². The SMILES string of the molecule is CCOC(=O)c1c([C]2[CH][CH][CH][CH]2)c(C)cn1-c1ccccc1[N+](=O)[O-]. The predicted molar refractivity (Wildman–Crippen MR) is 92.7 cm³/mol. The normalized spacial score (nSPS) is 14.6. The number of para-hydroxylation sites is 2. The highest BCUT2D eigenvalue weighted by molar-refractivity contribution is 5.93. The van der Waals surface area contributed by atoms with E-state index in [-0.39, 0.29) is 12.3 Å². The molecular formula is C19H17N2O4. The standard InChI is InChI=1S/C19H17N2O4/c1-3-25-19(22)18-17(14-8-4-5-9-14)13(2)12-20(18)15-10-6-7-11-16(15)21(23)24/h4-12H,3H2,1-2H3. The van der Waals surface area contributed by atoms with Crippen LogP contribution in [0.5, 0.6) is 0 Å². The van der Waals surface area contributed by atoms with E-state index in [9.17, 15) is 14.9 Å². The van der Waals surface area contributed by atoms with Gasteiger partial charge in [0.05, 0.1) is 11.5 Å². The number of ether oxygens (including phenoxy) is 1. The number of aryl methyl sites for hydroxylation is 1. The molecular weight excluding hydrogens is 320 g/mol. The van der Waals surface area contributed by atoms with E-state index in [1.54, 1.807) is 35.9 Å². The summed E-state index contributed by atoms with van der Waals surface area (Å²) >= 11 is 0. The smallest absolute Gasteiger partial charge is 0.355 e. The zero-order chi connectivity index (χ0) is 18.0. The van der Waals surface area contributed by atoms with Gasteiger partial charge >= 0.3 is 5.97 Å². The largest absolute Gasteiger partial charge is 0.461 e. The molecule has 1 aliphatic rings. The number of carbonyl (C=O) groups is 1. The summed E-state index contributed by atoms with van der Waals surface area (Å²) in [6, 6.07) is 6.34. The Morgan fingerprint density at radius 3 is 2.56 bits per heavy atom. The summed E-state index contributed by atoms with van der Waals surface area (Å²) < 4.78 is 6.76. The summed E-state index contributed by atoms with van der Waals surface area (Å²) in [5.74, 6) is 0.364. The molecule has 1 aliphatic carbocycles. The highest BCUT2D eigenvalue weighted by Crippen LogP contribution is 2.37. The number of benzene rings is 1. The van der Waals surface area contributed by atoms with Gasteiger partial charge in [-0.05, 0) is 56.7 Å². The van der Waals surface area contributed by atoms with Crippen molar-refractivity contribution < 1.29 is 14.5 Å². The molecule has 2 aromatic rings. The minimum Gasteiger partial charge on any atom is -0.461 e. The summed E-state index contributed by atoms with van der Waals surface area (Å²) in [4.78, 5) is 23.6. The average Bonchev–Trinajstić information content (AvgIpc) is 3.22. The first kappa shape index (κ1) is 17.2. The number of esters is 1. The number of hydrogen-bond donors (Lipinski definition) is 0. The van der Waals surface area contributed by atoms with E-state index in [4.69, 9.17) is 4.74 Å². The lowest BCUT2D eigenvalue weighted by molar-refractivity contribution is -0.384. The van der Waals surface area contributed by atoms with Gasteiger partial charge in [0.25, 0.3) is 5.69 Å². The lowest BCUT2D eigenvalue weighted by atomic mass is 9.94. The van der Waals surface area contributed by atoms with Crippen LogP contribution in [-0.4, -0.2) is 22.1 Å². The van der Waals surface area contributed by atoms with Gasteiger partial charge in [0.15, 0.2) is 0 Å². The van der Waals surface area contributed by atoms with Gasteiger partial charge in [-0.25, -0.2) is 4.79 Å². The van der Waals surface area contributed by atoms with Crippen LogP contribution in [0.4, 0.5) is 5.69 Å². The van der Waals surface area contributed by atoms with Crippen LogP contribution in [0.2, 0.25) is 0 Å². The molecule has 0 saturated heterocycles. The number of hydrogen-bond acceptors (Lipinski definition) is 4. The Kier molecular flexibility index (Phi) is 4.88. The molecule has 1 fully saturated rings. The van der Waals surface area contributed by atoms with Crippen molar-refractivity contribution in [1.82, 2.24) is 4.57 Å². The zero-order valence-corrected chi connectivity index (χ0v) is 13.9. The molecule has 1 heterocycles. The first-order chi connectivity index (χ1) is 12.0. The molecule has 1 saturated carbocycles. The fourth-order valence-corrected chi connectivity index (χ4v) is 2.95. The van der Waals surface area contributed by atoms with Crippen LogP contribution in [0.25, 0.3) is 5.69 Å². The molecule has 0 amide bonds. The molecule has 0 unspecified atom stereocenters. The van der Waals surface area contributed by atoms with Gasteiger partial charge in [0, 0.05) is 18.2 Å². The number of aromatic nitrogens is 1. The monoisotopic (exact) mass is 337 g/mol. The van der Waals surface area contributed by atoms with Crippen molar-refractivity contribution in [3.8, 4) is 5.69 Å². The molecule has 0 bridgehead atoms. The second kappa shape index (κ2) is 7.09. The summed E-state index contributed by atoms with van der Waals surface area (Å²) in [7, 11) is 0. The van der Waals surface area contributed by atoms with E-state index >= 15 is 0 Å². The third-order valence-corrected chi connectivity index (χ3v) is 3.95. The van der Waals surface area contributed by atoms with E-state index in [0.29, 0.717) is 11.4 Å². The fourth-order valence-electron chi connectivity index (χ4n) is 2.95. The van der Waals surface area contributed by atoms with Crippen LogP contribution >= 0.6 is 0 Å². The molecule has 1 aromatic heterocycles. The molecule has 127 valence electrons. The third-order valence-electron chi connectivity index (χ3n) is 3.95. The average molecular weight is 337 g/mol. The van der Waals surface area contributed by atoms with E-state index in [1.807, 2.05) is 32.6 Å². The highest BCUT2D eigenvalue weighted by atomic mass is 16.6. The van der Waals surface area contributed by atoms with Gasteiger partial charge in [-0.15, -0.1) is 0 Å². The van der Waals surface area contributed by atoms with Crippen LogP contribution in [0.1, 0.15) is 28.5 Å². The van der Waals surface area contributed by atoms with Gasteiger partial charge in [-0.1, -0.05) is 12.1 Å². The van der Waals surface area contributed by atoms with Crippen molar-refractivity contribution >= 4 is 11.7 Å². The molecule has 0 N–H and O–H groups in total. The molecule has 25 heavy (non-hydrogen) atoms. The van der Waals surface area contributed by atoms with E-state index in [1.165, 1.54) is 6.07 Å². The van der Waals surface area contributed by atoms with Crippen LogP contribution in [0.15, 0.2) is 30.5 Å². The van der Waals surface area contributed by atoms with Crippen LogP contribution in [-0.2, 0) is 4.74 Å². The number of nitro groups is 1. The summed E-state index contributed by atoms with van der Waals surface area (Å²) in [5.41, 5.74) is 2.11. The summed E-state index contributed by atoms with van der Waals surface area (Å²) in [5, 5.41) is 11.4. The second-order valence-corrected chi connectivity index (χ2v) is 5.55. The van der Waals surface area contributed by atoms with Gasteiger partial charge < -0.3 is 9.30 Å². The molecule has 1 aromatic carbocycles. The zero-order valence-electron chi connectivity index (χ0n) is 13.9. The lowest BCUT2D eigenvalue weighted by Crippen LogP contribution is -2.15. The molecule has 5 radical (unpaired) electrons. The number of carbonyl (C=O) groups excluding carboxylic acids is 1. The Morgan fingerprint density at radius 2 is 1.92 bits per heavy atom. The maximum absolute atomic E-state index is 12.6. The Hall–Kier alpha value is -2.63. The first-order valence-corrected chi connectivity index (χ1v) is 7.89. The highest BCUT2D eigenvalue weighted by Gasteiger charge is 2.31. The Morgan fingerprint density at radius 1 is 1.24 bits per heavy atom. The van der Waals surface area contributed by atoms with Crippen LogP contribution in [0.3, 0.4) is 0 Å². The molecule has 0 spiro atoms. The van der Waals surface area contributed by atoms with E-state index < -0.39 is 10.9 Å². The van der Waals surface area contributed by atoms with E-state index in [2.05, 4.69) is 0 Å². The molecule has 6 nitrogen and oxygen atoms in total. The topological polar surface area (TPSA) is 74.4 Å². The van der Waals surface area contributed by atoms with Crippen molar-refractivity contribution in [2.24, 2.45) is 0 Å². The molecule has 0 atom stereocenters. The summed E-state index contributed by atoms with van der Waals surface area (Å²) in [6.45, 7) is 3.82. The third kappa shape index (κ3) is 3.16. The first-order valence-electron chi connectivity index (χ1n) is 7.89. The summed E-state index contributed by atoms with van der Waals surface area (Å²) in [6.07, 6.45) is 9.29. The van der Waals surface area contributed by atoms with Crippen molar-refractivity contribution in [1.29, 1.82) is 0 Å². The minimum absolute atomic E-state index is 0.0721. The predicted octanol–water partition coefficient (Wildman–Crippen LogP) is 3.62. The Labute approximate surface area is 146 Å². The maximum Gasteiger partial charge on any atom is 0.355 e. The van der Waals surface area contributed by atoms with Gasteiger partial charge in [-0.2, -0.15) is 0 Å². The number of nitro benzene ring substituents is 1. The second-order valence-electron chi connectivity index (χ2n) is 5.55. The van der Waals surface area contributed by atoms with Crippen molar-refractivity contribution in [3.05, 3.63) is 89.0 Å². The molecule has 6 heteroatoms. The fraction of sp³-hybridized carbons (Fsp3) is 0.158. The quantitative estimate of drug-likeness (QED) is 0.474. The Balaban J connectivity index is 2.22. The number of rotatable bonds is 5. The molecule has 3 rings (SSSR count).